The number of carboxylic acids is 1. The summed E-state index contributed by atoms with van der Waals surface area (Å²) in [4.78, 5) is 10.4. The summed E-state index contributed by atoms with van der Waals surface area (Å²) in [7, 11) is 0. The lowest BCUT2D eigenvalue weighted by atomic mass is 10.1. The van der Waals surface area contributed by atoms with Gasteiger partial charge in [-0.3, -0.25) is 4.79 Å². The molecule has 0 aliphatic carbocycles. The second kappa shape index (κ2) is 7.12. The monoisotopic (exact) mass is 232 g/mol. The molecule has 0 aromatic heterocycles. The fourth-order valence-electron chi connectivity index (χ4n) is 1.77. The van der Waals surface area contributed by atoms with Gasteiger partial charge >= 0.3 is 5.97 Å². The highest BCUT2D eigenvalue weighted by molar-refractivity contribution is 7.99. The molecule has 1 aliphatic heterocycles. The van der Waals surface area contributed by atoms with E-state index in [1.807, 2.05) is 6.92 Å². The third-order valence-corrected chi connectivity index (χ3v) is 3.82. The molecule has 0 radical (unpaired) electrons. The van der Waals surface area contributed by atoms with Crippen LogP contribution in [-0.2, 0) is 9.53 Å². The molecule has 1 fully saturated rings. The Kier molecular flexibility index (Phi) is 6.10. The maximum Gasteiger partial charge on any atom is 0.304 e. The third-order valence-electron chi connectivity index (χ3n) is 2.56. The van der Waals surface area contributed by atoms with E-state index in [2.05, 4.69) is 0 Å². The van der Waals surface area contributed by atoms with Crippen molar-refractivity contribution in [2.24, 2.45) is 0 Å². The SMILES string of the molecule is CC(CC(=O)O)SCCCC1CCCO1. The van der Waals surface area contributed by atoms with Crippen LogP contribution in [0.2, 0.25) is 0 Å². The summed E-state index contributed by atoms with van der Waals surface area (Å²) in [6.45, 7) is 2.90. The maximum atomic E-state index is 10.4. The first kappa shape index (κ1) is 12.8. The van der Waals surface area contributed by atoms with E-state index in [0.29, 0.717) is 6.10 Å². The number of carbonyl (C=O) groups is 1. The number of thioether (sulfide) groups is 1. The van der Waals surface area contributed by atoms with Crippen LogP contribution in [0.5, 0.6) is 0 Å². The summed E-state index contributed by atoms with van der Waals surface area (Å²) >= 11 is 1.75. The van der Waals surface area contributed by atoms with Gasteiger partial charge in [-0.05, 0) is 31.4 Å². The molecule has 88 valence electrons. The highest BCUT2D eigenvalue weighted by Crippen LogP contribution is 2.20. The van der Waals surface area contributed by atoms with Crippen molar-refractivity contribution in [3.63, 3.8) is 0 Å². The molecule has 2 unspecified atom stereocenters. The third kappa shape index (κ3) is 6.05. The Bertz CT molecular complexity index is 190. The first-order valence-electron chi connectivity index (χ1n) is 5.63. The summed E-state index contributed by atoms with van der Waals surface area (Å²) < 4.78 is 5.52. The Labute approximate surface area is 95.6 Å². The molecule has 0 saturated carbocycles. The van der Waals surface area contributed by atoms with Crippen LogP contribution in [0, 0.1) is 0 Å². The van der Waals surface area contributed by atoms with Gasteiger partial charge in [-0.15, -0.1) is 0 Å². The molecule has 2 atom stereocenters. The standard InChI is InChI=1S/C11H20O3S/c1-9(8-11(12)13)15-7-3-5-10-4-2-6-14-10/h9-10H,2-8H2,1H3,(H,12,13). The van der Waals surface area contributed by atoms with E-state index < -0.39 is 5.97 Å². The second-order valence-corrected chi connectivity index (χ2v) is 5.60. The van der Waals surface area contributed by atoms with Gasteiger partial charge in [0.15, 0.2) is 0 Å². The van der Waals surface area contributed by atoms with Crippen molar-refractivity contribution in [1.29, 1.82) is 0 Å². The van der Waals surface area contributed by atoms with Crippen LogP contribution in [0.3, 0.4) is 0 Å². The van der Waals surface area contributed by atoms with Crippen LogP contribution in [0.25, 0.3) is 0 Å². The first-order valence-corrected chi connectivity index (χ1v) is 6.68. The van der Waals surface area contributed by atoms with Crippen molar-refractivity contribution in [2.45, 2.75) is 50.4 Å². The summed E-state index contributed by atoms with van der Waals surface area (Å²) in [6, 6.07) is 0. The van der Waals surface area contributed by atoms with Crippen LogP contribution in [0.1, 0.15) is 39.0 Å². The fraction of sp³-hybridized carbons (Fsp3) is 0.909. The van der Waals surface area contributed by atoms with Gasteiger partial charge in [0.05, 0.1) is 12.5 Å². The number of rotatable bonds is 7. The van der Waals surface area contributed by atoms with Crippen molar-refractivity contribution in [3.05, 3.63) is 0 Å². The summed E-state index contributed by atoms with van der Waals surface area (Å²) in [5, 5.41) is 8.81. The normalized spacial score (nSPS) is 22.9. The lowest BCUT2D eigenvalue weighted by molar-refractivity contribution is -0.136. The second-order valence-electron chi connectivity index (χ2n) is 4.06. The molecule has 0 bridgehead atoms. The van der Waals surface area contributed by atoms with Gasteiger partial charge in [-0.25, -0.2) is 0 Å². The predicted molar refractivity (Wildman–Crippen MR) is 62.4 cm³/mol. The van der Waals surface area contributed by atoms with Gasteiger partial charge in [0.2, 0.25) is 0 Å². The Morgan fingerprint density at radius 1 is 1.67 bits per heavy atom. The van der Waals surface area contributed by atoms with Crippen molar-refractivity contribution in [2.75, 3.05) is 12.4 Å². The van der Waals surface area contributed by atoms with E-state index in [4.69, 9.17) is 9.84 Å². The lowest BCUT2D eigenvalue weighted by Crippen LogP contribution is -2.08. The zero-order chi connectivity index (χ0) is 11.1. The van der Waals surface area contributed by atoms with Crippen molar-refractivity contribution in [1.82, 2.24) is 0 Å². The average Bonchev–Trinajstić information content (AvgIpc) is 2.63. The van der Waals surface area contributed by atoms with Gasteiger partial charge in [-0.2, -0.15) is 11.8 Å². The van der Waals surface area contributed by atoms with Crippen LogP contribution >= 0.6 is 11.8 Å². The van der Waals surface area contributed by atoms with Gasteiger partial charge in [0.1, 0.15) is 0 Å². The van der Waals surface area contributed by atoms with Gasteiger partial charge in [-0.1, -0.05) is 6.92 Å². The lowest BCUT2D eigenvalue weighted by Gasteiger charge is -2.10. The van der Waals surface area contributed by atoms with Crippen molar-refractivity contribution < 1.29 is 14.6 Å². The molecular formula is C11H20O3S. The van der Waals surface area contributed by atoms with Gasteiger partial charge in [0, 0.05) is 11.9 Å². The topological polar surface area (TPSA) is 46.5 Å². The Balaban J connectivity index is 1.93. The molecule has 1 rings (SSSR count). The molecule has 4 heteroatoms. The molecule has 1 heterocycles. The smallest absolute Gasteiger partial charge is 0.304 e. The minimum Gasteiger partial charge on any atom is -0.481 e. The van der Waals surface area contributed by atoms with Gasteiger partial charge in [0.25, 0.3) is 0 Å². The highest BCUT2D eigenvalue weighted by Gasteiger charge is 2.15. The van der Waals surface area contributed by atoms with Crippen LogP contribution in [0.4, 0.5) is 0 Å². The molecule has 0 aromatic rings. The Hall–Kier alpha value is -0.220. The van der Waals surface area contributed by atoms with Crippen molar-refractivity contribution >= 4 is 17.7 Å². The largest absolute Gasteiger partial charge is 0.481 e. The molecule has 0 spiro atoms. The Morgan fingerprint density at radius 3 is 3.07 bits per heavy atom. The highest BCUT2D eigenvalue weighted by atomic mass is 32.2. The van der Waals surface area contributed by atoms with E-state index >= 15 is 0 Å². The number of hydrogen-bond acceptors (Lipinski definition) is 3. The summed E-state index contributed by atoms with van der Waals surface area (Å²) in [6.07, 6.45) is 5.42. The summed E-state index contributed by atoms with van der Waals surface area (Å²) in [5.41, 5.74) is 0. The van der Waals surface area contributed by atoms with E-state index in [0.717, 1.165) is 25.2 Å². The average molecular weight is 232 g/mol. The van der Waals surface area contributed by atoms with Crippen LogP contribution in [-0.4, -0.2) is 34.8 Å². The zero-order valence-electron chi connectivity index (χ0n) is 9.28. The minimum atomic E-state index is -0.700. The van der Waals surface area contributed by atoms with Crippen LogP contribution < -0.4 is 0 Å². The molecule has 1 saturated heterocycles. The number of hydrogen-bond donors (Lipinski definition) is 1. The molecule has 0 aromatic carbocycles. The quantitative estimate of drug-likeness (QED) is 0.685. The van der Waals surface area contributed by atoms with E-state index in [1.54, 1.807) is 11.8 Å². The van der Waals surface area contributed by atoms with Crippen molar-refractivity contribution in [3.8, 4) is 0 Å². The number of carboxylic acid groups (broad SMARTS) is 1. The Morgan fingerprint density at radius 2 is 2.47 bits per heavy atom. The van der Waals surface area contributed by atoms with Crippen LogP contribution in [0.15, 0.2) is 0 Å². The zero-order valence-corrected chi connectivity index (χ0v) is 10.1. The molecule has 0 amide bonds. The number of aliphatic carboxylic acids is 1. The van der Waals surface area contributed by atoms with E-state index in [-0.39, 0.29) is 11.7 Å². The molecular weight excluding hydrogens is 212 g/mol. The minimum absolute atomic E-state index is 0.229. The molecule has 1 N–H and O–H groups in total. The molecule has 15 heavy (non-hydrogen) atoms. The molecule has 3 nitrogen and oxygen atoms in total. The summed E-state index contributed by atoms with van der Waals surface area (Å²) in [5.74, 6) is 0.350. The number of ether oxygens (including phenoxy) is 1. The first-order chi connectivity index (χ1) is 7.18. The van der Waals surface area contributed by atoms with E-state index in [1.165, 1.54) is 12.8 Å². The molecule has 1 aliphatic rings. The predicted octanol–water partition coefficient (Wildman–Crippen LogP) is 2.54. The maximum absolute atomic E-state index is 10.4. The fourth-order valence-corrected chi connectivity index (χ4v) is 2.77. The van der Waals surface area contributed by atoms with Gasteiger partial charge < -0.3 is 9.84 Å². The van der Waals surface area contributed by atoms with E-state index in [9.17, 15) is 4.79 Å².